The number of ether oxygens (including phenoxy) is 1. The molecular formula is C13H9F2N3O. The highest BCUT2D eigenvalue weighted by Gasteiger charge is 2.08. The monoisotopic (exact) mass is 261 g/mol. The minimum absolute atomic E-state index is 0.115. The number of alkyl halides is 2. The van der Waals surface area contributed by atoms with E-state index < -0.39 is 6.61 Å². The predicted octanol–water partition coefficient (Wildman–Crippen LogP) is 3.00. The molecule has 2 aromatic heterocycles. The topological polar surface area (TPSA) is 39.4 Å². The van der Waals surface area contributed by atoms with Crippen LogP contribution < -0.4 is 4.74 Å². The van der Waals surface area contributed by atoms with Crippen molar-refractivity contribution < 1.29 is 13.5 Å². The summed E-state index contributed by atoms with van der Waals surface area (Å²) < 4.78 is 30.4. The smallest absolute Gasteiger partial charge is 0.387 e. The Hall–Kier alpha value is -2.50. The van der Waals surface area contributed by atoms with Crippen molar-refractivity contribution in [3.05, 3.63) is 48.8 Å². The summed E-state index contributed by atoms with van der Waals surface area (Å²) in [6.45, 7) is -2.84. The number of halogens is 2. The first-order valence-electron chi connectivity index (χ1n) is 5.58. The average Bonchev–Trinajstić information content (AvgIpc) is 2.86. The third-order valence-corrected chi connectivity index (χ3v) is 2.65. The summed E-state index contributed by atoms with van der Waals surface area (Å²) in [5.74, 6) is 0.115. The van der Waals surface area contributed by atoms with Gasteiger partial charge in [-0.05, 0) is 18.2 Å². The molecule has 0 radical (unpaired) electrons. The van der Waals surface area contributed by atoms with E-state index in [4.69, 9.17) is 0 Å². The summed E-state index contributed by atoms with van der Waals surface area (Å²) in [6, 6.07) is 10.0. The van der Waals surface area contributed by atoms with Gasteiger partial charge in [0.25, 0.3) is 0 Å². The van der Waals surface area contributed by atoms with Gasteiger partial charge < -0.3 is 4.74 Å². The third kappa shape index (κ3) is 2.24. The van der Waals surface area contributed by atoms with Gasteiger partial charge in [-0.3, -0.25) is 0 Å². The van der Waals surface area contributed by atoms with Crippen molar-refractivity contribution in [1.29, 1.82) is 0 Å². The maximum absolute atomic E-state index is 12.2. The van der Waals surface area contributed by atoms with Gasteiger partial charge in [0.2, 0.25) is 0 Å². The fourth-order valence-electron chi connectivity index (χ4n) is 1.88. The Bertz CT molecular complexity index is 712. The van der Waals surface area contributed by atoms with E-state index in [1.807, 2.05) is 0 Å². The van der Waals surface area contributed by atoms with Crippen molar-refractivity contribution in [1.82, 2.24) is 14.6 Å². The zero-order chi connectivity index (χ0) is 13.2. The second kappa shape index (κ2) is 4.64. The van der Waals surface area contributed by atoms with Gasteiger partial charge >= 0.3 is 6.61 Å². The van der Waals surface area contributed by atoms with Gasteiger partial charge in [0.05, 0.1) is 11.9 Å². The summed E-state index contributed by atoms with van der Waals surface area (Å²) >= 11 is 0. The molecule has 1 aromatic carbocycles. The number of rotatable bonds is 3. The summed E-state index contributed by atoms with van der Waals surface area (Å²) in [5, 5.41) is 4.15. The Balaban J connectivity index is 2.08. The molecule has 4 nitrogen and oxygen atoms in total. The van der Waals surface area contributed by atoms with Gasteiger partial charge in [0, 0.05) is 17.8 Å². The molecule has 2 heterocycles. The Morgan fingerprint density at radius 2 is 2.00 bits per heavy atom. The number of fused-ring (bicyclic) bond motifs is 1. The van der Waals surface area contributed by atoms with E-state index in [1.54, 1.807) is 47.2 Å². The molecule has 0 N–H and O–H groups in total. The largest absolute Gasteiger partial charge is 0.435 e. The van der Waals surface area contributed by atoms with Crippen molar-refractivity contribution in [3.63, 3.8) is 0 Å². The lowest BCUT2D eigenvalue weighted by molar-refractivity contribution is -0.0498. The molecule has 0 atom stereocenters. The van der Waals surface area contributed by atoms with E-state index >= 15 is 0 Å². The lowest BCUT2D eigenvalue weighted by Crippen LogP contribution is -2.02. The van der Waals surface area contributed by atoms with Crippen LogP contribution in [-0.2, 0) is 0 Å². The van der Waals surface area contributed by atoms with E-state index in [9.17, 15) is 8.78 Å². The zero-order valence-corrected chi connectivity index (χ0v) is 9.70. The molecule has 6 heteroatoms. The Kier molecular flexibility index (Phi) is 2.83. The van der Waals surface area contributed by atoms with E-state index in [0.717, 1.165) is 11.3 Å². The Labute approximate surface area is 107 Å². The van der Waals surface area contributed by atoms with Crippen LogP contribution in [0.15, 0.2) is 48.8 Å². The van der Waals surface area contributed by atoms with Crippen LogP contribution >= 0.6 is 0 Å². The highest BCUT2D eigenvalue weighted by atomic mass is 19.3. The van der Waals surface area contributed by atoms with Crippen LogP contribution in [0.25, 0.3) is 16.9 Å². The summed E-state index contributed by atoms with van der Waals surface area (Å²) in [4.78, 5) is 4.15. The Morgan fingerprint density at radius 1 is 1.11 bits per heavy atom. The molecule has 0 bridgehead atoms. The highest BCUT2D eigenvalue weighted by Crippen LogP contribution is 2.24. The maximum atomic E-state index is 12.2. The molecule has 0 saturated heterocycles. The number of benzene rings is 1. The second-order valence-electron chi connectivity index (χ2n) is 3.84. The second-order valence-corrected chi connectivity index (χ2v) is 3.84. The molecule has 0 unspecified atom stereocenters. The molecule has 3 rings (SSSR count). The van der Waals surface area contributed by atoms with Crippen molar-refractivity contribution >= 4 is 5.65 Å². The van der Waals surface area contributed by atoms with Gasteiger partial charge in [-0.15, -0.1) is 0 Å². The fraction of sp³-hybridized carbons (Fsp3) is 0.0769. The quantitative estimate of drug-likeness (QED) is 0.727. The molecule has 96 valence electrons. The molecule has 0 aliphatic rings. The van der Waals surface area contributed by atoms with Gasteiger partial charge in [-0.25, -0.2) is 9.50 Å². The predicted molar refractivity (Wildman–Crippen MR) is 65.1 cm³/mol. The molecule has 0 fully saturated rings. The SMILES string of the molecule is FC(F)Oc1cccc(-c2ccnc3ccnn23)c1. The minimum atomic E-state index is -2.84. The number of nitrogens with zero attached hydrogens (tertiary/aromatic N) is 3. The van der Waals surface area contributed by atoms with Crippen molar-refractivity contribution in [2.45, 2.75) is 6.61 Å². The van der Waals surface area contributed by atoms with E-state index in [-0.39, 0.29) is 5.75 Å². The lowest BCUT2D eigenvalue weighted by Gasteiger charge is -2.08. The number of hydrogen-bond donors (Lipinski definition) is 0. The third-order valence-electron chi connectivity index (χ3n) is 2.65. The van der Waals surface area contributed by atoms with E-state index in [1.165, 1.54) is 6.07 Å². The van der Waals surface area contributed by atoms with Crippen LogP contribution in [-0.4, -0.2) is 21.2 Å². The molecule has 0 saturated carbocycles. The summed E-state index contributed by atoms with van der Waals surface area (Å²) in [6.07, 6.45) is 3.28. The van der Waals surface area contributed by atoms with Crippen LogP contribution in [0.2, 0.25) is 0 Å². The van der Waals surface area contributed by atoms with Crippen molar-refractivity contribution in [2.75, 3.05) is 0 Å². The van der Waals surface area contributed by atoms with Crippen LogP contribution in [0.4, 0.5) is 8.78 Å². The highest BCUT2D eigenvalue weighted by molar-refractivity contribution is 5.63. The average molecular weight is 261 g/mol. The van der Waals surface area contributed by atoms with Crippen LogP contribution in [0.5, 0.6) is 5.75 Å². The van der Waals surface area contributed by atoms with E-state index in [2.05, 4.69) is 14.8 Å². The van der Waals surface area contributed by atoms with Crippen LogP contribution in [0.1, 0.15) is 0 Å². The normalized spacial score (nSPS) is 11.1. The van der Waals surface area contributed by atoms with Gasteiger partial charge in [-0.2, -0.15) is 13.9 Å². The molecule has 19 heavy (non-hydrogen) atoms. The van der Waals surface area contributed by atoms with Crippen LogP contribution in [0, 0.1) is 0 Å². The molecule has 0 aliphatic heterocycles. The zero-order valence-electron chi connectivity index (χ0n) is 9.70. The Morgan fingerprint density at radius 3 is 2.84 bits per heavy atom. The molecule has 3 aromatic rings. The van der Waals surface area contributed by atoms with Gasteiger partial charge in [0.15, 0.2) is 5.65 Å². The fourth-order valence-corrected chi connectivity index (χ4v) is 1.88. The van der Waals surface area contributed by atoms with Crippen molar-refractivity contribution in [3.8, 4) is 17.0 Å². The molecule has 0 amide bonds. The summed E-state index contributed by atoms with van der Waals surface area (Å²) in [7, 11) is 0. The molecule has 0 aliphatic carbocycles. The van der Waals surface area contributed by atoms with Gasteiger partial charge in [-0.1, -0.05) is 12.1 Å². The first kappa shape index (κ1) is 11.6. The van der Waals surface area contributed by atoms with Gasteiger partial charge in [0.1, 0.15) is 5.75 Å². The summed E-state index contributed by atoms with van der Waals surface area (Å²) in [5.41, 5.74) is 2.18. The van der Waals surface area contributed by atoms with Crippen LogP contribution in [0.3, 0.4) is 0 Å². The lowest BCUT2D eigenvalue weighted by atomic mass is 10.1. The standard InChI is InChI=1S/C13H9F2N3O/c14-13(15)19-10-3-1-2-9(8-10)11-4-6-16-12-5-7-17-18(11)12/h1-8,13H. The number of hydrogen-bond acceptors (Lipinski definition) is 3. The van der Waals surface area contributed by atoms with Crippen molar-refractivity contribution in [2.24, 2.45) is 0 Å². The maximum Gasteiger partial charge on any atom is 0.387 e. The number of aromatic nitrogens is 3. The van der Waals surface area contributed by atoms with E-state index in [0.29, 0.717) is 5.65 Å². The molecule has 0 spiro atoms. The molecular weight excluding hydrogens is 252 g/mol. The first-order chi connectivity index (χ1) is 9.24. The minimum Gasteiger partial charge on any atom is -0.435 e. The first-order valence-corrected chi connectivity index (χ1v) is 5.58.